The Morgan fingerprint density at radius 3 is 1.97 bits per heavy atom. The lowest BCUT2D eigenvalue weighted by Crippen LogP contribution is -2.29. The monoisotopic (exact) mass is 456 g/mol. The Labute approximate surface area is 174 Å². The normalized spacial score (nSPS) is 15.7. The van der Waals surface area contributed by atoms with Gasteiger partial charge in [0, 0.05) is 18.6 Å². The summed E-state index contributed by atoms with van der Waals surface area (Å²) in [5.74, 6) is 0.0180. The quantitative estimate of drug-likeness (QED) is 0.665. The molecule has 1 N–H and O–H groups in total. The number of methoxy groups -OCH3 is 3. The third-order valence-electron chi connectivity index (χ3n) is 4.38. The first-order valence-electron chi connectivity index (χ1n) is 8.61. The number of rotatable bonds is 7. The molecule has 1 heterocycles. The van der Waals surface area contributed by atoms with E-state index in [4.69, 9.17) is 14.2 Å². The van der Waals surface area contributed by atoms with Crippen molar-refractivity contribution in [3.8, 4) is 17.2 Å². The van der Waals surface area contributed by atoms with Crippen molar-refractivity contribution in [1.29, 1.82) is 0 Å². The van der Waals surface area contributed by atoms with Crippen LogP contribution in [0.15, 0.2) is 41.3 Å². The Hall–Kier alpha value is -2.99. The van der Waals surface area contributed by atoms with Crippen molar-refractivity contribution in [2.75, 3.05) is 36.1 Å². The van der Waals surface area contributed by atoms with Crippen LogP contribution in [0.3, 0.4) is 0 Å². The molecule has 10 nitrogen and oxygen atoms in total. The van der Waals surface area contributed by atoms with E-state index in [1.165, 1.54) is 57.7 Å². The first-order chi connectivity index (χ1) is 14.1. The number of carbonyl (C=O) groups excluding carboxylic acids is 1. The van der Waals surface area contributed by atoms with Crippen LogP contribution in [0.2, 0.25) is 0 Å². The Morgan fingerprint density at radius 1 is 0.967 bits per heavy atom. The van der Waals surface area contributed by atoms with Crippen LogP contribution in [-0.4, -0.2) is 49.8 Å². The number of sulfonamides is 2. The van der Waals surface area contributed by atoms with Crippen LogP contribution in [0.4, 0.5) is 11.4 Å². The molecule has 0 spiro atoms. The van der Waals surface area contributed by atoms with Crippen molar-refractivity contribution < 1.29 is 35.8 Å². The van der Waals surface area contributed by atoms with Crippen LogP contribution >= 0.6 is 0 Å². The average Bonchev–Trinajstić information content (AvgIpc) is 2.99. The zero-order valence-electron chi connectivity index (χ0n) is 16.4. The molecule has 0 radical (unpaired) electrons. The van der Waals surface area contributed by atoms with Crippen molar-refractivity contribution >= 4 is 37.3 Å². The molecule has 1 saturated heterocycles. The molecule has 2 aromatic rings. The van der Waals surface area contributed by atoms with E-state index in [1.54, 1.807) is 0 Å². The second-order valence-corrected chi connectivity index (χ2v) is 9.86. The summed E-state index contributed by atoms with van der Waals surface area (Å²) < 4.78 is 68.3. The molecule has 2 aromatic carbocycles. The van der Waals surface area contributed by atoms with Gasteiger partial charge in [-0.3, -0.25) is 9.52 Å². The minimum Gasteiger partial charge on any atom is -0.493 e. The van der Waals surface area contributed by atoms with Crippen molar-refractivity contribution in [3.63, 3.8) is 0 Å². The summed E-state index contributed by atoms with van der Waals surface area (Å²) in [7, 11) is -3.51. The van der Waals surface area contributed by atoms with Gasteiger partial charge in [-0.2, -0.15) is 0 Å². The Kier molecular flexibility index (Phi) is 5.81. The summed E-state index contributed by atoms with van der Waals surface area (Å²) >= 11 is 0. The zero-order chi connectivity index (χ0) is 22.1. The van der Waals surface area contributed by atoms with Gasteiger partial charge >= 0.3 is 0 Å². The fourth-order valence-corrected chi connectivity index (χ4v) is 5.48. The minimum absolute atomic E-state index is 0.0873. The van der Waals surface area contributed by atoms with Crippen molar-refractivity contribution in [1.82, 2.24) is 0 Å². The number of carbonyl (C=O) groups is 1. The van der Waals surface area contributed by atoms with Gasteiger partial charge in [0.1, 0.15) is 0 Å². The molecule has 162 valence electrons. The van der Waals surface area contributed by atoms with Crippen molar-refractivity contribution in [3.05, 3.63) is 36.4 Å². The van der Waals surface area contributed by atoms with E-state index in [0.29, 0.717) is 10.1 Å². The van der Waals surface area contributed by atoms with Gasteiger partial charge in [0.25, 0.3) is 10.0 Å². The summed E-state index contributed by atoms with van der Waals surface area (Å²) in [6.07, 6.45) is -0.106. The van der Waals surface area contributed by atoms with Gasteiger partial charge < -0.3 is 14.2 Å². The molecule has 0 bridgehead atoms. The maximum Gasteiger partial charge on any atom is 0.261 e. The van der Waals surface area contributed by atoms with Crippen LogP contribution < -0.4 is 23.2 Å². The molecular weight excluding hydrogens is 436 g/mol. The van der Waals surface area contributed by atoms with E-state index in [-0.39, 0.29) is 39.9 Å². The highest BCUT2D eigenvalue weighted by Crippen LogP contribution is 2.40. The molecule has 0 unspecified atom stereocenters. The largest absolute Gasteiger partial charge is 0.493 e. The fourth-order valence-electron chi connectivity index (χ4n) is 2.98. The molecule has 1 aliphatic rings. The fraction of sp³-hybridized carbons (Fsp3) is 0.278. The van der Waals surface area contributed by atoms with E-state index >= 15 is 0 Å². The number of anilines is 2. The molecule has 30 heavy (non-hydrogen) atoms. The first kappa shape index (κ1) is 21.7. The van der Waals surface area contributed by atoms with E-state index in [2.05, 4.69) is 4.72 Å². The van der Waals surface area contributed by atoms with Crippen molar-refractivity contribution in [2.45, 2.75) is 11.3 Å². The van der Waals surface area contributed by atoms with E-state index < -0.39 is 26.0 Å². The first-order valence-corrected chi connectivity index (χ1v) is 11.7. The molecule has 1 amide bonds. The van der Waals surface area contributed by atoms with Gasteiger partial charge in [-0.1, -0.05) is 0 Å². The van der Waals surface area contributed by atoms with Crippen LogP contribution in [-0.2, 0) is 24.8 Å². The lowest BCUT2D eigenvalue weighted by atomic mass is 10.2. The second kappa shape index (κ2) is 8.03. The average molecular weight is 456 g/mol. The second-order valence-electron chi connectivity index (χ2n) is 6.24. The standard InChI is InChI=1S/C18H20N2O8S2/c1-26-15-10-12(11-16(27-2)18(15)28-3)19-30(24,25)14-6-4-13(5-7-14)20-17(21)8-9-29(20,22)23/h4-7,10-11,19H,8-9H2,1-3H3. The lowest BCUT2D eigenvalue weighted by molar-refractivity contribution is -0.116. The summed E-state index contributed by atoms with van der Waals surface area (Å²) in [5, 5.41) is 0. The molecule has 0 saturated carbocycles. The zero-order valence-corrected chi connectivity index (χ0v) is 18.0. The molecule has 12 heteroatoms. The number of hydrogen-bond donors (Lipinski definition) is 1. The van der Waals surface area contributed by atoms with Gasteiger partial charge in [0.15, 0.2) is 11.5 Å². The number of nitrogens with one attached hydrogen (secondary N) is 1. The predicted octanol–water partition coefficient (Wildman–Crippen LogP) is 1.58. The molecule has 3 rings (SSSR count). The van der Waals surface area contributed by atoms with E-state index in [0.717, 1.165) is 0 Å². The Morgan fingerprint density at radius 2 is 1.53 bits per heavy atom. The third kappa shape index (κ3) is 4.00. The van der Waals surface area contributed by atoms with Crippen LogP contribution in [0.1, 0.15) is 6.42 Å². The maximum absolute atomic E-state index is 12.8. The number of nitrogens with zero attached hydrogens (tertiary/aromatic N) is 1. The van der Waals surface area contributed by atoms with Crippen LogP contribution in [0.25, 0.3) is 0 Å². The summed E-state index contributed by atoms with van der Waals surface area (Å²) in [5.41, 5.74) is 0.259. The molecule has 0 aliphatic carbocycles. The minimum atomic E-state index is -4.02. The SMILES string of the molecule is COc1cc(NS(=O)(=O)c2ccc(N3C(=O)CCS3(=O)=O)cc2)cc(OC)c1OC. The summed E-state index contributed by atoms with van der Waals surface area (Å²) in [4.78, 5) is 11.7. The van der Waals surface area contributed by atoms with Crippen LogP contribution in [0.5, 0.6) is 17.2 Å². The highest BCUT2D eigenvalue weighted by molar-refractivity contribution is 7.94. The number of amides is 1. The van der Waals surface area contributed by atoms with E-state index in [9.17, 15) is 21.6 Å². The van der Waals surface area contributed by atoms with Gasteiger partial charge in [0.2, 0.25) is 21.7 Å². The molecule has 1 aliphatic heterocycles. The maximum atomic E-state index is 12.8. The molecular formula is C18H20N2O8S2. The predicted molar refractivity (Wildman–Crippen MR) is 109 cm³/mol. The Balaban J connectivity index is 1.91. The lowest BCUT2D eigenvalue weighted by Gasteiger charge is -2.16. The van der Waals surface area contributed by atoms with Crippen molar-refractivity contribution in [2.24, 2.45) is 0 Å². The molecule has 1 fully saturated rings. The third-order valence-corrected chi connectivity index (χ3v) is 7.47. The molecule has 0 atom stereocenters. The van der Waals surface area contributed by atoms with Gasteiger partial charge in [-0.25, -0.2) is 21.1 Å². The van der Waals surface area contributed by atoms with Gasteiger partial charge in [-0.05, 0) is 24.3 Å². The highest BCUT2D eigenvalue weighted by atomic mass is 32.2. The Bertz CT molecular complexity index is 1150. The topological polar surface area (TPSA) is 128 Å². The summed E-state index contributed by atoms with van der Waals surface area (Å²) in [6.45, 7) is 0. The number of hydrogen-bond acceptors (Lipinski definition) is 8. The van der Waals surface area contributed by atoms with E-state index in [1.807, 2.05) is 0 Å². The van der Waals surface area contributed by atoms with Gasteiger partial charge in [-0.15, -0.1) is 0 Å². The van der Waals surface area contributed by atoms with Crippen LogP contribution in [0, 0.1) is 0 Å². The number of benzene rings is 2. The number of ether oxygens (including phenoxy) is 3. The van der Waals surface area contributed by atoms with Gasteiger partial charge in [0.05, 0.1) is 43.4 Å². The molecule has 0 aromatic heterocycles. The summed E-state index contributed by atoms with van der Waals surface area (Å²) in [6, 6.07) is 7.84. The smallest absolute Gasteiger partial charge is 0.261 e. The highest BCUT2D eigenvalue weighted by Gasteiger charge is 2.36.